The summed E-state index contributed by atoms with van der Waals surface area (Å²) in [6.07, 6.45) is -3.23. The molecule has 17 heavy (non-hydrogen) atoms. The van der Waals surface area contributed by atoms with Gasteiger partial charge in [0.15, 0.2) is 0 Å². The maximum Gasteiger partial charge on any atom is 0.449 e. The van der Waals surface area contributed by atoms with Crippen molar-refractivity contribution in [3.8, 4) is 17.0 Å². The zero-order valence-electron chi connectivity index (χ0n) is 8.88. The molecule has 6 heteroatoms. The number of methoxy groups -OCH3 is 1. The van der Waals surface area contributed by atoms with Crippen molar-refractivity contribution in [2.24, 2.45) is 0 Å². The molecule has 1 heterocycles. The summed E-state index contributed by atoms with van der Waals surface area (Å²) in [5.74, 6) is -0.358. The molecule has 0 aliphatic heterocycles. The number of H-pyrrole nitrogens is 1. The quantitative estimate of drug-likeness (QED) is 0.878. The Morgan fingerprint density at radius 1 is 1.18 bits per heavy atom. The second-order valence-corrected chi connectivity index (χ2v) is 3.36. The number of alkyl halides is 3. The number of imidazole rings is 1. The van der Waals surface area contributed by atoms with Gasteiger partial charge in [0.25, 0.3) is 0 Å². The number of ether oxygens (including phenoxy) is 1. The van der Waals surface area contributed by atoms with Crippen LogP contribution >= 0.6 is 0 Å². The normalized spacial score (nSPS) is 11.5. The number of aromatic amines is 1. The third-order valence-electron chi connectivity index (χ3n) is 2.23. The summed E-state index contributed by atoms with van der Waals surface area (Å²) in [6.45, 7) is 0. The number of aromatic nitrogens is 2. The van der Waals surface area contributed by atoms with Gasteiger partial charge in [-0.25, -0.2) is 4.98 Å². The van der Waals surface area contributed by atoms with E-state index < -0.39 is 12.0 Å². The molecule has 0 saturated heterocycles. The Morgan fingerprint density at radius 3 is 2.29 bits per heavy atom. The van der Waals surface area contributed by atoms with Crippen molar-refractivity contribution in [2.45, 2.75) is 6.18 Å². The van der Waals surface area contributed by atoms with Gasteiger partial charge in [-0.3, -0.25) is 0 Å². The minimum atomic E-state index is -4.45. The first-order valence-corrected chi connectivity index (χ1v) is 4.78. The molecule has 1 N–H and O–H groups in total. The molecule has 90 valence electrons. The van der Waals surface area contributed by atoms with Crippen LogP contribution in [0.25, 0.3) is 11.3 Å². The van der Waals surface area contributed by atoms with Crippen molar-refractivity contribution in [3.63, 3.8) is 0 Å². The Balaban J connectivity index is 2.30. The topological polar surface area (TPSA) is 37.9 Å². The number of nitrogens with zero attached hydrogens (tertiary/aromatic N) is 1. The molecular weight excluding hydrogens is 233 g/mol. The van der Waals surface area contributed by atoms with Gasteiger partial charge in [-0.2, -0.15) is 13.2 Å². The van der Waals surface area contributed by atoms with Gasteiger partial charge in [0.1, 0.15) is 5.75 Å². The van der Waals surface area contributed by atoms with E-state index in [0.29, 0.717) is 11.3 Å². The van der Waals surface area contributed by atoms with Crippen molar-refractivity contribution in [1.82, 2.24) is 9.97 Å². The minimum absolute atomic E-state index is 0.250. The molecule has 0 aliphatic rings. The molecule has 0 bridgehead atoms. The highest BCUT2D eigenvalue weighted by Gasteiger charge is 2.34. The Labute approximate surface area is 95.3 Å². The summed E-state index contributed by atoms with van der Waals surface area (Å²) in [7, 11) is 1.52. The first-order valence-electron chi connectivity index (χ1n) is 4.78. The number of benzene rings is 1. The van der Waals surface area contributed by atoms with Crippen LogP contribution < -0.4 is 4.74 Å². The smallest absolute Gasteiger partial charge is 0.449 e. The van der Waals surface area contributed by atoms with E-state index >= 15 is 0 Å². The van der Waals surface area contributed by atoms with Crippen molar-refractivity contribution in [1.29, 1.82) is 0 Å². The molecule has 0 spiro atoms. The van der Waals surface area contributed by atoms with E-state index in [1.165, 1.54) is 13.3 Å². The molecule has 0 radical (unpaired) electrons. The molecule has 0 aliphatic carbocycles. The SMILES string of the molecule is COc1ccc(-c2c[nH]c(C(F)(F)F)n2)cc1. The Hall–Kier alpha value is -1.98. The fraction of sp³-hybridized carbons (Fsp3) is 0.182. The number of rotatable bonds is 2. The second-order valence-electron chi connectivity index (χ2n) is 3.36. The lowest BCUT2D eigenvalue weighted by molar-refractivity contribution is -0.144. The average Bonchev–Trinajstić information content (AvgIpc) is 2.78. The van der Waals surface area contributed by atoms with Crippen LogP contribution in [0.3, 0.4) is 0 Å². The molecule has 2 rings (SSSR count). The molecule has 1 aromatic carbocycles. The molecule has 0 atom stereocenters. The van der Waals surface area contributed by atoms with E-state index in [2.05, 4.69) is 9.97 Å². The molecular formula is C11H9F3N2O. The number of hydrogen-bond acceptors (Lipinski definition) is 2. The third kappa shape index (κ3) is 2.41. The monoisotopic (exact) mass is 242 g/mol. The Morgan fingerprint density at radius 2 is 1.82 bits per heavy atom. The predicted molar refractivity (Wildman–Crippen MR) is 55.6 cm³/mol. The van der Waals surface area contributed by atoms with Gasteiger partial charge < -0.3 is 9.72 Å². The molecule has 1 aromatic heterocycles. The minimum Gasteiger partial charge on any atom is -0.497 e. The van der Waals surface area contributed by atoms with Crippen LogP contribution in [-0.4, -0.2) is 17.1 Å². The highest BCUT2D eigenvalue weighted by atomic mass is 19.4. The fourth-order valence-electron chi connectivity index (χ4n) is 1.38. The van der Waals surface area contributed by atoms with Gasteiger partial charge in [0.2, 0.25) is 5.82 Å². The van der Waals surface area contributed by atoms with Gasteiger partial charge in [-0.05, 0) is 24.3 Å². The van der Waals surface area contributed by atoms with Crippen molar-refractivity contribution >= 4 is 0 Å². The number of halogens is 3. The van der Waals surface area contributed by atoms with Crippen molar-refractivity contribution < 1.29 is 17.9 Å². The molecule has 0 unspecified atom stereocenters. The zero-order valence-corrected chi connectivity index (χ0v) is 8.88. The molecule has 0 saturated carbocycles. The van der Waals surface area contributed by atoms with Crippen LogP contribution in [0.2, 0.25) is 0 Å². The van der Waals surface area contributed by atoms with E-state index in [-0.39, 0.29) is 5.69 Å². The highest BCUT2D eigenvalue weighted by molar-refractivity contribution is 5.59. The van der Waals surface area contributed by atoms with Crippen LogP contribution in [0.1, 0.15) is 5.82 Å². The molecule has 3 nitrogen and oxygen atoms in total. The number of nitrogens with one attached hydrogen (secondary N) is 1. The lowest BCUT2D eigenvalue weighted by Crippen LogP contribution is -2.07. The third-order valence-corrected chi connectivity index (χ3v) is 2.23. The van der Waals surface area contributed by atoms with Gasteiger partial charge in [-0.1, -0.05) is 0 Å². The zero-order chi connectivity index (χ0) is 12.5. The van der Waals surface area contributed by atoms with Gasteiger partial charge in [0.05, 0.1) is 12.8 Å². The van der Waals surface area contributed by atoms with Crippen LogP contribution in [0.4, 0.5) is 13.2 Å². The predicted octanol–water partition coefficient (Wildman–Crippen LogP) is 3.10. The van der Waals surface area contributed by atoms with E-state index in [4.69, 9.17) is 4.74 Å². The number of hydrogen-bond donors (Lipinski definition) is 1. The fourth-order valence-corrected chi connectivity index (χ4v) is 1.38. The van der Waals surface area contributed by atoms with Crippen LogP contribution in [0.5, 0.6) is 5.75 Å². The standard InChI is InChI=1S/C11H9F3N2O/c1-17-8-4-2-7(3-5-8)9-6-15-10(16-9)11(12,13)14/h2-6H,1H3,(H,15,16). The van der Waals surface area contributed by atoms with E-state index in [1.54, 1.807) is 24.3 Å². The molecule has 0 amide bonds. The first kappa shape index (κ1) is 11.5. The maximum atomic E-state index is 12.3. The highest BCUT2D eigenvalue weighted by Crippen LogP contribution is 2.29. The van der Waals surface area contributed by atoms with Gasteiger partial charge in [0, 0.05) is 11.8 Å². The van der Waals surface area contributed by atoms with Crippen LogP contribution in [0.15, 0.2) is 30.5 Å². The Bertz CT molecular complexity index is 502. The van der Waals surface area contributed by atoms with E-state index in [9.17, 15) is 13.2 Å². The van der Waals surface area contributed by atoms with Gasteiger partial charge >= 0.3 is 6.18 Å². The van der Waals surface area contributed by atoms with Crippen molar-refractivity contribution in [3.05, 3.63) is 36.3 Å². The summed E-state index contributed by atoms with van der Waals surface area (Å²) in [5, 5.41) is 0. The first-order chi connectivity index (χ1) is 8.00. The van der Waals surface area contributed by atoms with Crippen molar-refractivity contribution in [2.75, 3.05) is 7.11 Å². The maximum absolute atomic E-state index is 12.3. The Kier molecular flexibility index (Phi) is 2.79. The summed E-state index contributed by atoms with van der Waals surface area (Å²) >= 11 is 0. The van der Waals surface area contributed by atoms with E-state index in [0.717, 1.165) is 0 Å². The second kappa shape index (κ2) is 4.12. The van der Waals surface area contributed by atoms with Gasteiger partial charge in [-0.15, -0.1) is 0 Å². The largest absolute Gasteiger partial charge is 0.497 e. The van der Waals surface area contributed by atoms with Crippen LogP contribution in [-0.2, 0) is 6.18 Å². The summed E-state index contributed by atoms with van der Waals surface area (Å²) < 4.78 is 41.9. The summed E-state index contributed by atoms with van der Waals surface area (Å²) in [5.41, 5.74) is 0.845. The average molecular weight is 242 g/mol. The summed E-state index contributed by atoms with van der Waals surface area (Å²) in [4.78, 5) is 5.59. The van der Waals surface area contributed by atoms with E-state index in [1.807, 2.05) is 0 Å². The summed E-state index contributed by atoms with van der Waals surface area (Å²) in [6, 6.07) is 6.62. The molecule has 2 aromatic rings. The lowest BCUT2D eigenvalue weighted by Gasteiger charge is -2.01. The lowest BCUT2D eigenvalue weighted by atomic mass is 10.2. The molecule has 0 fully saturated rings. The van der Waals surface area contributed by atoms with Crippen LogP contribution in [0, 0.1) is 0 Å².